The van der Waals surface area contributed by atoms with Crippen molar-refractivity contribution in [2.45, 2.75) is 32.4 Å². The number of rotatable bonds is 11. The Hall–Kier alpha value is -4.94. The van der Waals surface area contributed by atoms with Gasteiger partial charge in [0.15, 0.2) is 5.78 Å². The average molecular weight is 595 g/mol. The predicted octanol–water partition coefficient (Wildman–Crippen LogP) is 1.69. The van der Waals surface area contributed by atoms with Gasteiger partial charge in [0, 0.05) is 64.1 Å². The minimum absolute atomic E-state index is 0.0666. The van der Waals surface area contributed by atoms with Crippen LogP contribution in [0.3, 0.4) is 0 Å². The van der Waals surface area contributed by atoms with Crippen LogP contribution in [0.4, 0.5) is 20.6 Å². The number of ketones is 1. The summed E-state index contributed by atoms with van der Waals surface area (Å²) >= 11 is 0. The summed E-state index contributed by atoms with van der Waals surface area (Å²) in [5.74, 6) is -1.34. The van der Waals surface area contributed by atoms with Crippen molar-refractivity contribution in [2.75, 3.05) is 49.1 Å². The van der Waals surface area contributed by atoms with E-state index in [1.807, 2.05) is 4.90 Å². The highest BCUT2D eigenvalue weighted by molar-refractivity contribution is 5.98. The fourth-order valence-corrected chi connectivity index (χ4v) is 4.88. The molecule has 4 N–H and O–H groups in total. The number of nitrogens with zero attached hydrogens (tertiary/aromatic N) is 3. The van der Waals surface area contributed by atoms with E-state index in [1.165, 1.54) is 24.0 Å². The quantitative estimate of drug-likeness (QED) is 0.262. The smallest absolute Gasteiger partial charge is 0.414 e. The van der Waals surface area contributed by atoms with Gasteiger partial charge in [-0.15, -0.1) is 0 Å². The van der Waals surface area contributed by atoms with E-state index in [-0.39, 0.29) is 49.4 Å². The molecule has 2 aromatic carbocycles. The van der Waals surface area contributed by atoms with Crippen molar-refractivity contribution in [3.8, 4) is 0 Å². The summed E-state index contributed by atoms with van der Waals surface area (Å²) in [5, 5.41) is 5.27. The number of amides is 4. The Labute approximate surface area is 248 Å². The molecule has 0 radical (unpaired) electrons. The number of nitrogens with one attached hydrogen (secondary N) is 2. The Kier molecular flexibility index (Phi) is 10.3. The van der Waals surface area contributed by atoms with Crippen LogP contribution < -0.4 is 26.2 Å². The molecular formula is C30H35FN6O6. The molecule has 0 unspecified atom stereocenters. The molecule has 2 aliphatic heterocycles. The Morgan fingerprint density at radius 2 is 1.74 bits per heavy atom. The number of Topliss-reactive ketones (excluding diaryl/α,β-unsaturated/α-hetero) is 1. The minimum Gasteiger partial charge on any atom is -0.442 e. The zero-order chi connectivity index (χ0) is 30.9. The van der Waals surface area contributed by atoms with Crippen LogP contribution in [0, 0.1) is 5.82 Å². The monoisotopic (exact) mass is 594 g/mol. The van der Waals surface area contributed by atoms with E-state index in [1.54, 1.807) is 41.3 Å². The van der Waals surface area contributed by atoms with Crippen LogP contribution in [0.5, 0.6) is 0 Å². The van der Waals surface area contributed by atoms with Crippen molar-refractivity contribution in [1.82, 2.24) is 15.5 Å². The minimum atomic E-state index is -0.605. The normalized spacial score (nSPS) is 16.7. The first kappa shape index (κ1) is 31.0. The third kappa shape index (κ3) is 8.31. The lowest BCUT2D eigenvalue weighted by atomic mass is 10.0. The number of piperazine rings is 1. The van der Waals surface area contributed by atoms with Crippen molar-refractivity contribution in [3.05, 3.63) is 71.7 Å². The van der Waals surface area contributed by atoms with Crippen molar-refractivity contribution in [2.24, 2.45) is 5.73 Å². The molecule has 4 amide bonds. The Bertz CT molecular complexity index is 1390. The summed E-state index contributed by atoms with van der Waals surface area (Å²) < 4.78 is 20.4. The second-order valence-corrected chi connectivity index (χ2v) is 10.3. The number of nitrogens with two attached hydrogens (primary N) is 1. The van der Waals surface area contributed by atoms with Crippen molar-refractivity contribution < 1.29 is 33.1 Å². The maximum atomic E-state index is 15.1. The van der Waals surface area contributed by atoms with Gasteiger partial charge in [-0.3, -0.25) is 24.1 Å². The molecule has 2 heterocycles. The number of carbonyl (C=O) groups is 5. The standard InChI is InChI=1S/C30H35FN6O6/c1-20(38)33-18-24-19-37(30(42)43-24)23-6-7-26(25(31)16-23)35-12-14-36(15-13-35)29(41)9-8-27(39)22-4-2-21(3-5-22)17-34-28(40)10-11-32/h2-7,10-11,16,24H,8-9,12-15,17-19,32H2,1H3,(H,33,38)(H,34,40)/b11-10+/t24-/m0/s1. The van der Waals surface area contributed by atoms with E-state index in [9.17, 15) is 24.0 Å². The summed E-state index contributed by atoms with van der Waals surface area (Å²) in [4.78, 5) is 65.1. The molecule has 1 atom stereocenters. The summed E-state index contributed by atoms with van der Waals surface area (Å²) in [6, 6.07) is 11.4. The number of benzene rings is 2. The molecule has 2 saturated heterocycles. The molecule has 0 aliphatic carbocycles. The van der Waals surface area contributed by atoms with E-state index in [4.69, 9.17) is 10.5 Å². The molecule has 4 rings (SSSR count). The van der Waals surface area contributed by atoms with E-state index >= 15 is 4.39 Å². The summed E-state index contributed by atoms with van der Waals surface area (Å²) in [7, 11) is 0. The van der Waals surface area contributed by atoms with Crippen LogP contribution in [0.1, 0.15) is 35.7 Å². The largest absolute Gasteiger partial charge is 0.442 e. The zero-order valence-electron chi connectivity index (χ0n) is 23.9. The highest BCUT2D eigenvalue weighted by atomic mass is 19.1. The molecule has 0 aromatic heterocycles. The fourth-order valence-electron chi connectivity index (χ4n) is 4.88. The molecular weight excluding hydrogens is 559 g/mol. The molecule has 2 fully saturated rings. The Morgan fingerprint density at radius 1 is 1.02 bits per heavy atom. The van der Waals surface area contributed by atoms with Crippen LogP contribution in [0.2, 0.25) is 0 Å². The molecule has 13 heteroatoms. The lowest BCUT2D eigenvalue weighted by molar-refractivity contribution is -0.131. The molecule has 0 saturated carbocycles. The van der Waals surface area contributed by atoms with Gasteiger partial charge in [-0.2, -0.15) is 0 Å². The average Bonchev–Trinajstić information content (AvgIpc) is 3.38. The predicted molar refractivity (Wildman–Crippen MR) is 157 cm³/mol. The first-order valence-electron chi connectivity index (χ1n) is 14.0. The van der Waals surface area contributed by atoms with Crippen molar-refractivity contribution in [3.63, 3.8) is 0 Å². The van der Waals surface area contributed by atoms with Gasteiger partial charge < -0.3 is 30.9 Å². The topological polar surface area (TPSA) is 154 Å². The van der Waals surface area contributed by atoms with E-state index in [0.29, 0.717) is 49.7 Å². The van der Waals surface area contributed by atoms with Gasteiger partial charge in [-0.25, -0.2) is 9.18 Å². The van der Waals surface area contributed by atoms with Crippen LogP contribution in [0.25, 0.3) is 0 Å². The third-order valence-electron chi connectivity index (χ3n) is 7.22. The molecule has 2 aromatic rings. The summed E-state index contributed by atoms with van der Waals surface area (Å²) in [5.41, 5.74) is 7.21. The van der Waals surface area contributed by atoms with Gasteiger partial charge in [-0.1, -0.05) is 24.3 Å². The third-order valence-corrected chi connectivity index (χ3v) is 7.22. The van der Waals surface area contributed by atoms with E-state index < -0.39 is 18.0 Å². The highest BCUT2D eigenvalue weighted by Gasteiger charge is 2.33. The van der Waals surface area contributed by atoms with Crippen LogP contribution >= 0.6 is 0 Å². The maximum Gasteiger partial charge on any atom is 0.414 e. The van der Waals surface area contributed by atoms with E-state index in [0.717, 1.165) is 11.8 Å². The Balaban J connectivity index is 1.23. The molecule has 0 bridgehead atoms. The van der Waals surface area contributed by atoms with Crippen LogP contribution in [-0.2, 0) is 25.7 Å². The maximum absolute atomic E-state index is 15.1. The number of hydrogen-bond acceptors (Lipinski definition) is 8. The Morgan fingerprint density at radius 3 is 2.40 bits per heavy atom. The second-order valence-electron chi connectivity index (χ2n) is 10.3. The second kappa shape index (κ2) is 14.3. The first-order chi connectivity index (χ1) is 20.6. The van der Waals surface area contributed by atoms with Crippen molar-refractivity contribution in [1.29, 1.82) is 0 Å². The molecule has 228 valence electrons. The molecule has 0 spiro atoms. The lowest BCUT2D eigenvalue weighted by Gasteiger charge is -2.36. The number of anilines is 2. The zero-order valence-corrected chi connectivity index (χ0v) is 23.9. The number of ether oxygens (including phenoxy) is 1. The van der Waals surface area contributed by atoms with E-state index in [2.05, 4.69) is 10.6 Å². The summed E-state index contributed by atoms with van der Waals surface area (Å²) in [6.45, 7) is 3.65. The SMILES string of the molecule is CC(=O)NC[C@H]1CN(c2ccc(N3CCN(C(=O)CCC(=O)c4ccc(CNC(=O)/C=C/N)cc4)CC3)c(F)c2)C(=O)O1. The van der Waals surface area contributed by atoms with Gasteiger partial charge in [0.25, 0.3) is 0 Å². The lowest BCUT2D eigenvalue weighted by Crippen LogP contribution is -2.49. The number of halogens is 1. The van der Waals surface area contributed by atoms with Crippen molar-refractivity contribution >= 4 is 41.0 Å². The molecule has 12 nitrogen and oxygen atoms in total. The van der Waals surface area contributed by atoms with Gasteiger partial charge in [0.2, 0.25) is 17.7 Å². The van der Waals surface area contributed by atoms with Gasteiger partial charge >= 0.3 is 6.09 Å². The van der Waals surface area contributed by atoms with Crippen LogP contribution in [0.15, 0.2) is 54.7 Å². The number of hydrogen-bond donors (Lipinski definition) is 3. The number of cyclic esters (lactones) is 1. The number of carbonyl (C=O) groups excluding carboxylic acids is 5. The van der Waals surface area contributed by atoms with Gasteiger partial charge in [0.05, 0.1) is 24.5 Å². The highest BCUT2D eigenvalue weighted by Crippen LogP contribution is 2.28. The fraction of sp³-hybridized carbons (Fsp3) is 0.367. The first-order valence-corrected chi connectivity index (χ1v) is 14.0. The van der Waals surface area contributed by atoms with Gasteiger partial charge in [0.1, 0.15) is 11.9 Å². The molecule has 43 heavy (non-hydrogen) atoms. The molecule has 2 aliphatic rings. The summed E-state index contributed by atoms with van der Waals surface area (Å²) in [6.07, 6.45) is 1.38. The van der Waals surface area contributed by atoms with Gasteiger partial charge in [-0.05, 0) is 30.0 Å². The van der Waals surface area contributed by atoms with Crippen LogP contribution in [-0.4, -0.2) is 79.9 Å².